The van der Waals surface area contributed by atoms with Crippen LogP contribution in [0.25, 0.3) is 0 Å². The van der Waals surface area contributed by atoms with Gasteiger partial charge in [0.2, 0.25) is 5.91 Å². The average molecular weight is 269 g/mol. The molecule has 2 rings (SSSR count). The number of hydrogen-bond donors (Lipinski definition) is 1. The van der Waals surface area contributed by atoms with Crippen LogP contribution in [0.15, 0.2) is 6.33 Å². The Morgan fingerprint density at radius 1 is 1.56 bits per heavy atom. The van der Waals surface area contributed by atoms with E-state index in [0.29, 0.717) is 11.7 Å². The highest BCUT2D eigenvalue weighted by Crippen LogP contribution is 2.26. The van der Waals surface area contributed by atoms with E-state index in [9.17, 15) is 4.79 Å². The fourth-order valence-corrected chi connectivity index (χ4v) is 2.39. The van der Waals surface area contributed by atoms with Crippen molar-refractivity contribution < 1.29 is 4.79 Å². The van der Waals surface area contributed by atoms with Crippen molar-refractivity contribution in [1.82, 2.24) is 15.3 Å². The summed E-state index contributed by atoms with van der Waals surface area (Å²) in [4.78, 5) is 22.0. The van der Waals surface area contributed by atoms with Crippen molar-refractivity contribution in [2.75, 3.05) is 18.0 Å². The second-order valence-electron chi connectivity index (χ2n) is 4.38. The Morgan fingerprint density at radius 2 is 2.33 bits per heavy atom. The van der Waals surface area contributed by atoms with E-state index >= 15 is 0 Å². The number of amides is 1. The molecule has 0 bridgehead atoms. The molecule has 1 aromatic rings. The maximum Gasteiger partial charge on any atom is 0.242 e. The molecule has 1 amide bonds. The van der Waals surface area contributed by atoms with Gasteiger partial charge in [-0.3, -0.25) is 4.79 Å². The van der Waals surface area contributed by atoms with Gasteiger partial charge in [-0.25, -0.2) is 9.97 Å². The third kappa shape index (κ3) is 2.41. The quantitative estimate of drug-likeness (QED) is 0.842. The van der Waals surface area contributed by atoms with Crippen LogP contribution in [-0.2, 0) is 11.2 Å². The maximum absolute atomic E-state index is 11.7. The number of hydrogen-bond acceptors (Lipinski definition) is 4. The second kappa shape index (κ2) is 5.52. The first kappa shape index (κ1) is 13.1. The van der Waals surface area contributed by atoms with Gasteiger partial charge in [0.05, 0.1) is 0 Å². The molecule has 1 atom stereocenters. The Labute approximate surface area is 112 Å². The lowest BCUT2D eigenvalue weighted by atomic mass is 10.1. The number of nitrogens with one attached hydrogen (secondary N) is 1. The highest BCUT2D eigenvalue weighted by molar-refractivity contribution is 6.30. The minimum Gasteiger partial charge on any atom is -0.353 e. The molecule has 18 heavy (non-hydrogen) atoms. The summed E-state index contributed by atoms with van der Waals surface area (Å²) in [7, 11) is 0. The fourth-order valence-electron chi connectivity index (χ4n) is 2.17. The summed E-state index contributed by atoms with van der Waals surface area (Å²) < 4.78 is 0. The minimum atomic E-state index is -0.222. The van der Waals surface area contributed by atoms with Crippen molar-refractivity contribution in [3.63, 3.8) is 0 Å². The molecule has 1 aliphatic rings. The number of piperazine rings is 1. The molecule has 1 aliphatic heterocycles. The summed E-state index contributed by atoms with van der Waals surface area (Å²) in [6.07, 6.45) is 3.24. The van der Waals surface area contributed by atoms with Gasteiger partial charge < -0.3 is 10.2 Å². The van der Waals surface area contributed by atoms with Crippen LogP contribution in [0, 0.1) is 0 Å². The molecule has 0 saturated carbocycles. The first-order chi connectivity index (χ1) is 8.65. The number of rotatable bonds is 3. The van der Waals surface area contributed by atoms with Crippen molar-refractivity contribution in [1.29, 1.82) is 0 Å². The van der Waals surface area contributed by atoms with E-state index in [1.165, 1.54) is 6.33 Å². The number of carbonyl (C=O) groups excluding carboxylic acids is 1. The van der Waals surface area contributed by atoms with Gasteiger partial charge in [0, 0.05) is 18.7 Å². The van der Waals surface area contributed by atoms with Gasteiger partial charge in [-0.05, 0) is 13.3 Å². The molecule has 1 unspecified atom stereocenters. The number of aromatic nitrogens is 2. The molecule has 2 heterocycles. The monoisotopic (exact) mass is 268 g/mol. The van der Waals surface area contributed by atoms with Gasteiger partial charge in [0.25, 0.3) is 0 Å². The predicted molar refractivity (Wildman–Crippen MR) is 70.9 cm³/mol. The van der Waals surface area contributed by atoms with E-state index in [0.717, 1.165) is 30.8 Å². The van der Waals surface area contributed by atoms with Crippen molar-refractivity contribution >= 4 is 23.3 Å². The molecular formula is C12H17ClN4O. The number of halogens is 1. The fraction of sp³-hybridized carbons (Fsp3) is 0.583. The van der Waals surface area contributed by atoms with Crippen molar-refractivity contribution in [2.45, 2.75) is 32.7 Å². The van der Waals surface area contributed by atoms with E-state index in [2.05, 4.69) is 22.2 Å². The normalized spacial score (nSPS) is 19.8. The zero-order valence-corrected chi connectivity index (χ0v) is 11.4. The zero-order valence-electron chi connectivity index (χ0n) is 10.6. The lowest BCUT2D eigenvalue weighted by Gasteiger charge is -2.34. The van der Waals surface area contributed by atoms with Crippen LogP contribution in [0.2, 0.25) is 5.15 Å². The average Bonchev–Trinajstić information content (AvgIpc) is 2.36. The molecule has 6 heteroatoms. The maximum atomic E-state index is 11.7. The van der Waals surface area contributed by atoms with Crippen LogP contribution in [0.4, 0.5) is 5.82 Å². The Hall–Kier alpha value is -1.36. The molecule has 98 valence electrons. The van der Waals surface area contributed by atoms with E-state index in [-0.39, 0.29) is 11.9 Å². The molecule has 5 nitrogen and oxygen atoms in total. The molecule has 0 spiro atoms. The van der Waals surface area contributed by atoms with Gasteiger partial charge in [-0.1, -0.05) is 24.9 Å². The third-order valence-electron chi connectivity index (χ3n) is 3.14. The minimum absolute atomic E-state index is 0.0263. The predicted octanol–water partition coefficient (Wildman–Crippen LogP) is 1.41. The third-order valence-corrected chi connectivity index (χ3v) is 3.47. The van der Waals surface area contributed by atoms with Crippen molar-refractivity contribution in [3.05, 3.63) is 17.0 Å². The van der Waals surface area contributed by atoms with Crippen LogP contribution >= 0.6 is 11.6 Å². The lowest BCUT2D eigenvalue weighted by molar-refractivity contribution is -0.122. The van der Waals surface area contributed by atoms with E-state index in [1.54, 1.807) is 0 Å². The van der Waals surface area contributed by atoms with Crippen LogP contribution < -0.4 is 10.2 Å². The number of nitrogens with zero attached hydrogens (tertiary/aromatic N) is 3. The lowest BCUT2D eigenvalue weighted by Crippen LogP contribution is -2.54. The summed E-state index contributed by atoms with van der Waals surface area (Å²) >= 11 is 6.13. The molecule has 1 aromatic heterocycles. The molecular weight excluding hydrogens is 252 g/mol. The SMILES string of the molecule is CCCc1c(Cl)ncnc1N1CCNC(=O)C1C. The summed E-state index contributed by atoms with van der Waals surface area (Å²) in [6, 6.07) is -0.222. The highest BCUT2D eigenvalue weighted by atomic mass is 35.5. The Kier molecular flexibility index (Phi) is 4.01. The summed E-state index contributed by atoms with van der Waals surface area (Å²) in [5, 5.41) is 3.33. The first-order valence-corrected chi connectivity index (χ1v) is 6.56. The largest absolute Gasteiger partial charge is 0.353 e. The van der Waals surface area contributed by atoms with Crippen molar-refractivity contribution in [2.24, 2.45) is 0 Å². The van der Waals surface area contributed by atoms with E-state index in [1.807, 2.05) is 11.8 Å². The highest BCUT2D eigenvalue weighted by Gasteiger charge is 2.28. The van der Waals surface area contributed by atoms with Gasteiger partial charge in [-0.15, -0.1) is 0 Å². The van der Waals surface area contributed by atoms with Crippen LogP contribution in [0.1, 0.15) is 25.8 Å². The zero-order chi connectivity index (χ0) is 13.1. The molecule has 1 fully saturated rings. The summed E-state index contributed by atoms with van der Waals surface area (Å²) in [5.74, 6) is 0.817. The van der Waals surface area contributed by atoms with Gasteiger partial charge in [0.15, 0.2) is 0 Å². The Balaban J connectivity index is 2.37. The molecule has 0 aromatic carbocycles. The molecule has 1 saturated heterocycles. The van der Waals surface area contributed by atoms with Gasteiger partial charge in [-0.2, -0.15) is 0 Å². The van der Waals surface area contributed by atoms with Crippen LogP contribution in [0.5, 0.6) is 0 Å². The topological polar surface area (TPSA) is 58.1 Å². The van der Waals surface area contributed by atoms with E-state index < -0.39 is 0 Å². The van der Waals surface area contributed by atoms with Crippen LogP contribution in [0.3, 0.4) is 0 Å². The van der Waals surface area contributed by atoms with Gasteiger partial charge >= 0.3 is 0 Å². The Bertz CT molecular complexity index is 452. The van der Waals surface area contributed by atoms with Crippen molar-refractivity contribution in [3.8, 4) is 0 Å². The first-order valence-electron chi connectivity index (χ1n) is 6.18. The molecule has 0 aliphatic carbocycles. The summed E-state index contributed by atoms with van der Waals surface area (Å²) in [5.41, 5.74) is 0.934. The van der Waals surface area contributed by atoms with Gasteiger partial charge in [0.1, 0.15) is 23.3 Å². The number of anilines is 1. The van der Waals surface area contributed by atoms with E-state index in [4.69, 9.17) is 11.6 Å². The number of carbonyl (C=O) groups is 1. The standard InChI is InChI=1S/C12H17ClN4O/c1-3-4-9-10(13)15-7-16-11(9)17-6-5-14-12(18)8(17)2/h7-8H,3-6H2,1-2H3,(H,14,18). The second-order valence-corrected chi connectivity index (χ2v) is 4.74. The van der Waals surface area contributed by atoms with Crippen LogP contribution in [-0.4, -0.2) is 35.0 Å². The molecule has 0 radical (unpaired) electrons. The summed E-state index contributed by atoms with van der Waals surface area (Å²) in [6.45, 7) is 5.34. The Morgan fingerprint density at radius 3 is 3.06 bits per heavy atom. The smallest absolute Gasteiger partial charge is 0.242 e. The molecule has 1 N–H and O–H groups in total.